The van der Waals surface area contributed by atoms with Crippen LogP contribution in [-0.4, -0.2) is 10.8 Å². The Hall–Kier alpha value is -2.51. The number of aryl methyl sites for hydroxylation is 2. The van der Waals surface area contributed by atoms with Crippen molar-refractivity contribution in [2.24, 2.45) is 0 Å². The summed E-state index contributed by atoms with van der Waals surface area (Å²) in [5.74, 6) is -1.02. The summed E-state index contributed by atoms with van der Waals surface area (Å²) in [6.45, 7) is 4.15. The Morgan fingerprint density at radius 2 is 2.08 bits per heavy atom. The van der Waals surface area contributed by atoms with Crippen molar-refractivity contribution in [1.29, 1.82) is 5.26 Å². The zero-order valence-corrected chi connectivity index (χ0v) is 14.6. The third-order valence-corrected chi connectivity index (χ3v) is 5.20. The van der Waals surface area contributed by atoms with E-state index in [1.54, 1.807) is 6.07 Å². The van der Waals surface area contributed by atoms with E-state index < -0.39 is 5.92 Å². The Bertz CT molecular complexity index is 936. The van der Waals surface area contributed by atoms with E-state index in [1.165, 1.54) is 16.9 Å². The summed E-state index contributed by atoms with van der Waals surface area (Å²) in [7, 11) is 0. The minimum Gasteiger partial charge on any atom is -0.291 e. The minimum absolute atomic E-state index is 0.157. The lowest BCUT2D eigenvalue weighted by atomic mass is 9.98. The molecule has 1 aromatic carbocycles. The van der Waals surface area contributed by atoms with E-state index in [-0.39, 0.29) is 5.78 Å². The van der Waals surface area contributed by atoms with Gasteiger partial charge in [0, 0.05) is 10.3 Å². The fourth-order valence-electron chi connectivity index (χ4n) is 2.80. The number of benzene rings is 1. The monoisotopic (exact) mass is 334 g/mol. The molecule has 2 aromatic heterocycles. The van der Waals surface area contributed by atoms with Gasteiger partial charge in [-0.15, -0.1) is 11.3 Å². The third kappa shape index (κ3) is 3.08. The molecule has 0 radical (unpaired) electrons. The smallest absolute Gasteiger partial charge is 0.195 e. The van der Waals surface area contributed by atoms with Crippen molar-refractivity contribution in [2.75, 3.05) is 0 Å². The number of pyridine rings is 1. The molecule has 0 amide bonds. The van der Waals surface area contributed by atoms with Gasteiger partial charge in [0.2, 0.25) is 0 Å². The van der Waals surface area contributed by atoms with Gasteiger partial charge < -0.3 is 0 Å². The lowest BCUT2D eigenvalue weighted by Gasteiger charge is -2.07. The summed E-state index contributed by atoms with van der Waals surface area (Å²) in [4.78, 5) is 19.2. The van der Waals surface area contributed by atoms with Gasteiger partial charge in [-0.05, 0) is 37.1 Å². The molecule has 24 heavy (non-hydrogen) atoms. The number of nitrogens with zero attached hydrogens (tertiary/aromatic N) is 2. The maximum atomic E-state index is 12.8. The summed E-state index contributed by atoms with van der Waals surface area (Å²) in [5, 5.41) is 10.6. The molecule has 3 rings (SSSR count). The van der Waals surface area contributed by atoms with E-state index in [0.717, 1.165) is 28.6 Å². The van der Waals surface area contributed by atoms with Crippen LogP contribution in [0.25, 0.3) is 10.9 Å². The lowest BCUT2D eigenvalue weighted by molar-refractivity contribution is 0.0981. The molecular formula is C20H18N2OS. The Labute approximate surface area is 145 Å². The van der Waals surface area contributed by atoms with E-state index in [9.17, 15) is 10.1 Å². The number of Topliss-reactive ketones (excluding diaryl/α,β-unsaturated/α-hetero) is 1. The van der Waals surface area contributed by atoms with Gasteiger partial charge in [-0.25, -0.2) is 0 Å². The van der Waals surface area contributed by atoms with Gasteiger partial charge in [-0.3, -0.25) is 9.78 Å². The third-order valence-electron chi connectivity index (χ3n) is 4.09. The molecule has 0 aliphatic heterocycles. The van der Waals surface area contributed by atoms with E-state index in [0.29, 0.717) is 10.6 Å². The molecule has 1 unspecified atom stereocenters. The summed E-state index contributed by atoms with van der Waals surface area (Å²) in [5.41, 5.74) is 2.52. The van der Waals surface area contributed by atoms with Crippen LogP contribution in [0.1, 0.15) is 45.1 Å². The van der Waals surface area contributed by atoms with Crippen LogP contribution in [0, 0.1) is 18.3 Å². The van der Waals surface area contributed by atoms with E-state index in [4.69, 9.17) is 0 Å². The molecule has 0 aliphatic carbocycles. The number of rotatable bonds is 5. The number of hydrogen-bond donors (Lipinski definition) is 0. The Morgan fingerprint density at radius 3 is 2.83 bits per heavy atom. The van der Waals surface area contributed by atoms with Crippen LogP contribution < -0.4 is 0 Å². The van der Waals surface area contributed by atoms with Crippen LogP contribution in [0.4, 0.5) is 0 Å². The highest BCUT2D eigenvalue weighted by Crippen LogP contribution is 2.28. The van der Waals surface area contributed by atoms with Crippen molar-refractivity contribution in [2.45, 2.75) is 32.6 Å². The molecule has 0 spiro atoms. The quantitative estimate of drug-likeness (QED) is 0.614. The number of aromatic nitrogens is 1. The Kier molecular flexibility index (Phi) is 4.73. The molecule has 1 atom stereocenters. The van der Waals surface area contributed by atoms with Crippen molar-refractivity contribution in [3.8, 4) is 6.07 Å². The van der Waals surface area contributed by atoms with Gasteiger partial charge in [0.1, 0.15) is 0 Å². The Balaban J connectivity index is 1.96. The molecule has 0 bridgehead atoms. The van der Waals surface area contributed by atoms with E-state index in [1.807, 2.05) is 43.3 Å². The van der Waals surface area contributed by atoms with Crippen molar-refractivity contribution >= 4 is 28.0 Å². The van der Waals surface area contributed by atoms with Crippen LogP contribution in [0.3, 0.4) is 0 Å². The van der Waals surface area contributed by atoms with Crippen molar-refractivity contribution in [3.05, 3.63) is 63.5 Å². The number of hydrogen-bond acceptors (Lipinski definition) is 4. The van der Waals surface area contributed by atoms with Gasteiger partial charge in [0.25, 0.3) is 0 Å². The second-order valence-electron chi connectivity index (χ2n) is 5.80. The molecule has 0 saturated carbocycles. The zero-order valence-electron chi connectivity index (χ0n) is 13.7. The van der Waals surface area contributed by atoms with Gasteiger partial charge in [-0.2, -0.15) is 5.26 Å². The molecule has 0 N–H and O–H groups in total. The number of ketones is 1. The predicted molar refractivity (Wildman–Crippen MR) is 97.5 cm³/mol. The van der Waals surface area contributed by atoms with E-state index >= 15 is 0 Å². The molecule has 2 heterocycles. The van der Waals surface area contributed by atoms with Crippen molar-refractivity contribution in [1.82, 2.24) is 4.98 Å². The normalized spacial score (nSPS) is 12.0. The first-order valence-electron chi connectivity index (χ1n) is 8.03. The molecule has 0 aliphatic rings. The van der Waals surface area contributed by atoms with Crippen LogP contribution in [0.2, 0.25) is 0 Å². The molecule has 3 nitrogen and oxygen atoms in total. The SMILES string of the molecule is CCCc1cc(C(=O)C(C#N)c2ccc3ccccc3n2)sc1C. The number of fused-ring (bicyclic) bond motifs is 1. The topological polar surface area (TPSA) is 53.8 Å². The highest BCUT2D eigenvalue weighted by molar-refractivity contribution is 7.14. The van der Waals surface area contributed by atoms with Gasteiger partial charge in [0.15, 0.2) is 11.7 Å². The summed E-state index contributed by atoms with van der Waals surface area (Å²) in [6.07, 6.45) is 2.00. The number of carbonyl (C=O) groups is 1. The number of carbonyl (C=O) groups excluding carboxylic acids is 1. The van der Waals surface area contributed by atoms with Gasteiger partial charge in [0.05, 0.1) is 22.2 Å². The molecule has 3 aromatic rings. The maximum absolute atomic E-state index is 12.8. The standard InChI is InChI=1S/C20H18N2OS/c1-3-6-15-11-19(24-13(15)2)20(23)16(12-21)18-10-9-14-7-4-5-8-17(14)22-18/h4-5,7-11,16H,3,6H2,1-2H3. The maximum Gasteiger partial charge on any atom is 0.195 e. The molecule has 0 fully saturated rings. The summed E-state index contributed by atoms with van der Waals surface area (Å²) >= 11 is 1.48. The molecule has 0 saturated heterocycles. The highest BCUT2D eigenvalue weighted by Gasteiger charge is 2.25. The van der Waals surface area contributed by atoms with Gasteiger partial charge in [-0.1, -0.05) is 37.6 Å². The highest BCUT2D eigenvalue weighted by atomic mass is 32.1. The molecular weight excluding hydrogens is 316 g/mol. The summed E-state index contributed by atoms with van der Waals surface area (Å²) in [6, 6.07) is 15.5. The second kappa shape index (κ2) is 6.94. The number of nitriles is 1. The molecule has 4 heteroatoms. The first kappa shape index (κ1) is 16.4. The lowest BCUT2D eigenvalue weighted by Crippen LogP contribution is -2.11. The minimum atomic E-state index is -0.859. The van der Waals surface area contributed by atoms with E-state index in [2.05, 4.69) is 18.0 Å². The number of thiophene rings is 1. The van der Waals surface area contributed by atoms with Crippen LogP contribution in [0.15, 0.2) is 42.5 Å². The fraction of sp³-hybridized carbons (Fsp3) is 0.250. The average Bonchev–Trinajstić information content (AvgIpc) is 2.96. The average molecular weight is 334 g/mol. The zero-order chi connectivity index (χ0) is 17.1. The summed E-state index contributed by atoms with van der Waals surface area (Å²) < 4.78 is 0. The van der Waals surface area contributed by atoms with Crippen LogP contribution in [0.5, 0.6) is 0 Å². The van der Waals surface area contributed by atoms with Crippen LogP contribution in [-0.2, 0) is 6.42 Å². The van der Waals surface area contributed by atoms with Crippen LogP contribution >= 0.6 is 11.3 Å². The van der Waals surface area contributed by atoms with Gasteiger partial charge >= 0.3 is 0 Å². The first-order valence-corrected chi connectivity index (χ1v) is 8.84. The van der Waals surface area contributed by atoms with Crippen molar-refractivity contribution in [3.63, 3.8) is 0 Å². The largest absolute Gasteiger partial charge is 0.291 e. The van der Waals surface area contributed by atoms with Crippen molar-refractivity contribution < 1.29 is 4.79 Å². The number of para-hydroxylation sites is 1. The molecule has 120 valence electrons. The predicted octanol–water partition coefficient (Wildman–Crippen LogP) is 5.05. The Morgan fingerprint density at radius 1 is 1.29 bits per heavy atom. The fourth-order valence-corrected chi connectivity index (χ4v) is 3.84. The second-order valence-corrected chi connectivity index (χ2v) is 7.05. The first-order chi connectivity index (χ1) is 11.6.